The summed E-state index contributed by atoms with van der Waals surface area (Å²) in [5.74, 6) is 0.575. The number of piperazine rings is 1. The predicted molar refractivity (Wildman–Crippen MR) is 139 cm³/mol. The highest BCUT2D eigenvalue weighted by Gasteiger charge is 2.30. The molecule has 4 rings (SSSR count). The normalized spacial score (nSPS) is 14.0. The summed E-state index contributed by atoms with van der Waals surface area (Å²) >= 11 is 0. The van der Waals surface area contributed by atoms with Crippen LogP contribution in [0, 0.1) is 13.8 Å². The van der Waals surface area contributed by atoms with Gasteiger partial charge in [0, 0.05) is 26.2 Å². The first kappa shape index (κ1) is 24.6. The number of hydrogen-bond acceptors (Lipinski definition) is 5. The number of ether oxygens (including phenoxy) is 1. The van der Waals surface area contributed by atoms with E-state index in [0.29, 0.717) is 31.9 Å². The van der Waals surface area contributed by atoms with E-state index in [0.717, 1.165) is 22.6 Å². The van der Waals surface area contributed by atoms with Crippen LogP contribution in [-0.4, -0.2) is 59.1 Å². The zero-order valence-corrected chi connectivity index (χ0v) is 21.2. The minimum atomic E-state index is -3.93. The lowest BCUT2D eigenvalue weighted by Gasteiger charge is -2.37. The fourth-order valence-corrected chi connectivity index (χ4v) is 5.86. The second kappa shape index (κ2) is 10.4. The van der Waals surface area contributed by atoms with Gasteiger partial charge in [-0.2, -0.15) is 0 Å². The smallest absolute Gasteiger partial charge is 0.264 e. The number of nitrogens with zero attached hydrogens (tertiary/aromatic N) is 3. The molecule has 3 aromatic carbocycles. The van der Waals surface area contributed by atoms with Gasteiger partial charge in [0.05, 0.1) is 23.4 Å². The van der Waals surface area contributed by atoms with Crippen molar-refractivity contribution < 1.29 is 17.9 Å². The molecule has 0 bridgehead atoms. The molecule has 35 heavy (non-hydrogen) atoms. The Bertz CT molecular complexity index is 1270. The van der Waals surface area contributed by atoms with E-state index < -0.39 is 10.0 Å². The number of anilines is 2. The van der Waals surface area contributed by atoms with E-state index >= 15 is 0 Å². The molecule has 184 valence electrons. The summed E-state index contributed by atoms with van der Waals surface area (Å²) in [5.41, 5.74) is 3.36. The van der Waals surface area contributed by atoms with Crippen molar-refractivity contribution in [2.45, 2.75) is 18.7 Å². The second-order valence-electron chi connectivity index (χ2n) is 8.71. The van der Waals surface area contributed by atoms with Gasteiger partial charge in [-0.25, -0.2) is 8.42 Å². The Kier molecular flexibility index (Phi) is 7.31. The van der Waals surface area contributed by atoms with Gasteiger partial charge in [-0.05, 0) is 61.4 Å². The van der Waals surface area contributed by atoms with Gasteiger partial charge in [0.2, 0.25) is 5.91 Å². The third-order valence-corrected chi connectivity index (χ3v) is 7.95. The van der Waals surface area contributed by atoms with Crippen molar-refractivity contribution in [2.24, 2.45) is 0 Å². The number of para-hydroxylation sites is 2. The van der Waals surface area contributed by atoms with Gasteiger partial charge in [-0.1, -0.05) is 36.4 Å². The van der Waals surface area contributed by atoms with E-state index in [4.69, 9.17) is 4.74 Å². The fourth-order valence-electron chi connectivity index (χ4n) is 4.44. The Balaban J connectivity index is 1.55. The van der Waals surface area contributed by atoms with Gasteiger partial charge in [0.25, 0.3) is 10.0 Å². The predicted octanol–water partition coefficient (Wildman–Crippen LogP) is 3.86. The Labute approximate surface area is 207 Å². The largest absolute Gasteiger partial charge is 0.495 e. The first-order chi connectivity index (χ1) is 16.8. The zero-order chi connectivity index (χ0) is 25.0. The number of hydrogen-bond donors (Lipinski definition) is 0. The third kappa shape index (κ3) is 5.43. The average Bonchev–Trinajstić information content (AvgIpc) is 2.87. The third-order valence-electron chi connectivity index (χ3n) is 6.16. The molecule has 0 aromatic heterocycles. The topological polar surface area (TPSA) is 70.2 Å². The van der Waals surface area contributed by atoms with Gasteiger partial charge in [-0.3, -0.25) is 9.10 Å². The highest BCUT2D eigenvalue weighted by atomic mass is 32.2. The maximum atomic E-state index is 13.6. The first-order valence-electron chi connectivity index (χ1n) is 11.6. The van der Waals surface area contributed by atoms with E-state index in [1.807, 2.05) is 44.2 Å². The van der Waals surface area contributed by atoms with E-state index in [1.165, 1.54) is 4.31 Å². The van der Waals surface area contributed by atoms with Crippen LogP contribution in [0.3, 0.4) is 0 Å². The van der Waals surface area contributed by atoms with Gasteiger partial charge in [0.1, 0.15) is 12.3 Å². The molecule has 1 heterocycles. The monoisotopic (exact) mass is 493 g/mol. The fraction of sp³-hybridized carbons (Fsp3) is 0.296. The van der Waals surface area contributed by atoms with Crippen LogP contribution in [0.15, 0.2) is 77.7 Å². The van der Waals surface area contributed by atoms with Crippen molar-refractivity contribution in [3.63, 3.8) is 0 Å². The quantitative estimate of drug-likeness (QED) is 0.500. The average molecular weight is 494 g/mol. The Hall–Kier alpha value is -3.52. The minimum absolute atomic E-state index is 0.160. The van der Waals surface area contributed by atoms with Crippen molar-refractivity contribution in [2.75, 3.05) is 49.0 Å². The van der Waals surface area contributed by atoms with E-state index in [2.05, 4.69) is 4.90 Å². The van der Waals surface area contributed by atoms with Crippen LogP contribution < -0.4 is 13.9 Å². The number of carbonyl (C=O) groups excluding carboxylic acids is 1. The summed E-state index contributed by atoms with van der Waals surface area (Å²) in [6.45, 7) is 5.87. The number of methoxy groups -OCH3 is 1. The number of aryl methyl sites for hydroxylation is 2. The molecule has 0 saturated carbocycles. The molecule has 0 unspecified atom stereocenters. The Morgan fingerprint density at radius 1 is 0.886 bits per heavy atom. The number of rotatable bonds is 7. The molecule has 0 spiro atoms. The first-order valence-corrected chi connectivity index (χ1v) is 13.1. The molecular formula is C27H31N3O4S. The molecular weight excluding hydrogens is 462 g/mol. The number of carbonyl (C=O) groups is 1. The van der Waals surface area contributed by atoms with Crippen LogP contribution in [0.2, 0.25) is 0 Å². The maximum Gasteiger partial charge on any atom is 0.264 e. The lowest BCUT2D eigenvalue weighted by atomic mass is 10.1. The Morgan fingerprint density at radius 2 is 1.49 bits per heavy atom. The van der Waals surface area contributed by atoms with E-state index in [9.17, 15) is 13.2 Å². The van der Waals surface area contributed by atoms with Crippen molar-refractivity contribution in [1.82, 2.24) is 4.90 Å². The number of sulfonamides is 1. The minimum Gasteiger partial charge on any atom is -0.495 e. The molecule has 0 radical (unpaired) electrons. The highest BCUT2D eigenvalue weighted by molar-refractivity contribution is 7.92. The van der Waals surface area contributed by atoms with E-state index in [1.54, 1.807) is 54.5 Å². The molecule has 1 amide bonds. The molecule has 0 aliphatic carbocycles. The highest BCUT2D eigenvalue weighted by Crippen LogP contribution is 2.29. The Morgan fingerprint density at radius 3 is 2.11 bits per heavy atom. The van der Waals surface area contributed by atoms with Crippen LogP contribution in [-0.2, 0) is 14.8 Å². The molecule has 0 N–H and O–H groups in total. The van der Waals surface area contributed by atoms with Gasteiger partial charge < -0.3 is 14.5 Å². The standard InChI is InChI=1S/C27H31N3O4S/c1-21-17-22(2)19-23(18-21)30(35(32,33)24-9-5-4-6-10-24)20-27(31)29-15-13-28(14-16-29)25-11-7-8-12-26(25)34-3/h4-12,17-19H,13-16,20H2,1-3H3. The van der Waals surface area contributed by atoms with Crippen molar-refractivity contribution in [3.8, 4) is 5.75 Å². The van der Waals surface area contributed by atoms with Crippen molar-refractivity contribution >= 4 is 27.3 Å². The SMILES string of the molecule is COc1ccccc1N1CCN(C(=O)CN(c2cc(C)cc(C)c2)S(=O)(=O)c2ccccc2)CC1. The van der Waals surface area contributed by atoms with Crippen molar-refractivity contribution in [3.05, 3.63) is 83.9 Å². The molecule has 1 aliphatic heterocycles. The van der Waals surface area contributed by atoms with Crippen LogP contribution >= 0.6 is 0 Å². The molecule has 8 heteroatoms. The molecule has 3 aromatic rings. The van der Waals surface area contributed by atoms with Gasteiger partial charge >= 0.3 is 0 Å². The summed E-state index contributed by atoms with van der Waals surface area (Å²) in [6, 6.07) is 21.7. The maximum absolute atomic E-state index is 13.6. The van der Waals surface area contributed by atoms with Crippen LogP contribution in [0.4, 0.5) is 11.4 Å². The van der Waals surface area contributed by atoms with Crippen LogP contribution in [0.25, 0.3) is 0 Å². The van der Waals surface area contributed by atoms with Crippen LogP contribution in [0.1, 0.15) is 11.1 Å². The van der Waals surface area contributed by atoms with Crippen molar-refractivity contribution in [1.29, 1.82) is 0 Å². The summed E-state index contributed by atoms with van der Waals surface area (Å²) in [5, 5.41) is 0. The molecule has 1 saturated heterocycles. The molecule has 7 nitrogen and oxygen atoms in total. The zero-order valence-electron chi connectivity index (χ0n) is 20.3. The molecule has 1 aliphatic rings. The second-order valence-corrected chi connectivity index (χ2v) is 10.6. The number of amides is 1. The lowest BCUT2D eigenvalue weighted by molar-refractivity contribution is -0.129. The lowest BCUT2D eigenvalue weighted by Crippen LogP contribution is -2.52. The summed E-state index contributed by atoms with van der Waals surface area (Å²) < 4.78 is 33.9. The summed E-state index contributed by atoms with van der Waals surface area (Å²) in [7, 11) is -2.28. The van der Waals surface area contributed by atoms with E-state index in [-0.39, 0.29) is 17.3 Å². The van der Waals surface area contributed by atoms with Gasteiger partial charge in [-0.15, -0.1) is 0 Å². The summed E-state index contributed by atoms with van der Waals surface area (Å²) in [4.78, 5) is 17.5. The van der Waals surface area contributed by atoms with Gasteiger partial charge in [0.15, 0.2) is 0 Å². The van der Waals surface area contributed by atoms with Crippen LogP contribution in [0.5, 0.6) is 5.75 Å². The number of benzene rings is 3. The summed E-state index contributed by atoms with van der Waals surface area (Å²) in [6.07, 6.45) is 0. The molecule has 1 fully saturated rings. The molecule has 0 atom stereocenters.